The van der Waals surface area contributed by atoms with Crippen molar-refractivity contribution in [3.8, 4) is 0 Å². The molecule has 0 spiro atoms. The number of para-hydroxylation sites is 1. The first-order chi connectivity index (χ1) is 8.56. The van der Waals surface area contributed by atoms with Crippen molar-refractivity contribution in [2.45, 2.75) is 19.4 Å². The maximum atomic E-state index is 11.0. The molecule has 6 heteroatoms. The molecule has 2 rings (SSSR count). The molecule has 0 bridgehead atoms. The zero-order valence-corrected chi connectivity index (χ0v) is 12.9. The molecule has 0 unspecified atom stereocenters. The number of nitrogens with one attached hydrogen (secondary N) is 1. The van der Waals surface area contributed by atoms with Crippen LogP contribution in [0.5, 0.6) is 0 Å². The predicted molar refractivity (Wildman–Crippen MR) is 66.5 cm³/mol. The van der Waals surface area contributed by atoms with Crippen LogP contribution >= 0.6 is 0 Å². The van der Waals surface area contributed by atoms with E-state index in [4.69, 9.17) is 5.11 Å². The van der Waals surface area contributed by atoms with Crippen LogP contribution < -0.4 is 34.7 Å². The molecule has 0 fully saturated rings. The van der Waals surface area contributed by atoms with E-state index in [1.807, 2.05) is 30.3 Å². The maximum absolute atomic E-state index is 11.0. The number of fused-ring (bicyclic) bond motifs is 1. The molecule has 5 nitrogen and oxygen atoms in total. The second-order valence-corrected chi connectivity index (χ2v) is 4.09. The molecule has 0 aliphatic rings. The number of benzene rings is 1. The van der Waals surface area contributed by atoms with E-state index in [-0.39, 0.29) is 36.0 Å². The van der Waals surface area contributed by atoms with Crippen LogP contribution in [0.4, 0.5) is 0 Å². The predicted octanol–water partition coefficient (Wildman–Crippen LogP) is -2.05. The number of nitrogens with zero attached hydrogens (tertiary/aromatic N) is 1. The minimum absolute atomic E-state index is 0. The summed E-state index contributed by atoms with van der Waals surface area (Å²) >= 11 is 0. The number of aromatic nitrogens is 1. The van der Waals surface area contributed by atoms with Gasteiger partial charge in [-0.05, 0) is 30.3 Å². The van der Waals surface area contributed by atoms with E-state index in [1.54, 1.807) is 0 Å². The average Bonchev–Trinajstić information content (AvgIpc) is 2.69. The Morgan fingerprint density at radius 1 is 1.47 bits per heavy atom. The van der Waals surface area contributed by atoms with Gasteiger partial charge in [0.25, 0.3) is 0 Å². The Bertz CT molecular complexity index is 570. The molecule has 0 amide bonds. The molecule has 2 aromatic rings. The van der Waals surface area contributed by atoms with Crippen LogP contribution in [-0.2, 0) is 11.2 Å². The molecule has 1 aromatic carbocycles. The monoisotopic (exact) mass is 268 g/mol. The normalized spacial score (nSPS) is 13.0. The number of rotatable bonds is 4. The third kappa shape index (κ3) is 4.09. The van der Waals surface area contributed by atoms with E-state index in [9.17, 15) is 9.90 Å². The smallest absolute Gasteiger partial charge is 0.862 e. The Labute approximate surface area is 132 Å². The van der Waals surface area contributed by atoms with Crippen LogP contribution in [0, 0.1) is 0 Å². The van der Waals surface area contributed by atoms with Crippen molar-refractivity contribution in [3.05, 3.63) is 36.0 Å². The van der Waals surface area contributed by atoms with Gasteiger partial charge in [0.2, 0.25) is 0 Å². The zero-order chi connectivity index (χ0) is 13.1. The average molecular weight is 268 g/mol. The molecule has 0 saturated heterocycles. The molecule has 0 radical (unpaired) electrons. The summed E-state index contributed by atoms with van der Waals surface area (Å²) in [7, 11) is 0. The van der Waals surface area contributed by atoms with Gasteiger partial charge in [-0.3, -0.25) is 4.99 Å². The van der Waals surface area contributed by atoms with E-state index in [0.717, 1.165) is 16.6 Å². The van der Waals surface area contributed by atoms with Crippen LogP contribution in [0.25, 0.3) is 10.9 Å². The van der Waals surface area contributed by atoms with Crippen LogP contribution in [0.3, 0.4) is 0 Å². The first-order valence-corrected chi connectivity index (χ1v) is 5.57. The number of hydrogen-bond acceptors (Lipinski definition) is 3. The molecule has 0 aliphatic carbocycles. The van der Waals surface area contributed by atoms with Crippen LogP contribution in [0.2, 0.25) is 0 Å². The van der Waals surface area contributed by atoms with E-state index in [2.05, 4.69) is 9.98 Å². The van der Waals surface area contributed by atoms with Gasteiger partial charge in [0, 0.05) is 17.6 Å². The molecule has 1 heterocycles. The van der Waals surface area contributed by atoms with Gasteiger partial charge >= 0.3 is 35.5 Å². The molecule has 2 N–H and O–H groups in total. The van der Waals surface area contributed by atoms with Gasteiger partial charge in [-0.25, -0.2) is 4.79 Å². The number of H-pyrrole nitrogens is 1. The number of carboxylic acid groups (broad SMARTS) is 1. The zero-order valence-electron chi connectivity index (χ0n) is 10.9. The van der Waals surface area contributed by atoms with Gasteiger partial charge in [0.1, 0.15) is 0 Å². The first-order valence-electron chi connectivity index (χ1n) is 5.57. The van der Waals surface area contributed by atoms with E-state index >= 15 is 0 Å². The van der Waals surface area contributed by atoms with Gasteiger partial charge in [0.05, 0.1) is 0 Å². The van der Waals surface area contributed by atoms with Gasteiger partial charge in [0.15, 0.2) is 6.04 Å². The van der Waals surface area contributed by atoms with Crippen LogP contribution in [0.1, 0.15) is 12.6 Å². The van der Waals surface area contributed by atoms with Gasteiger partial charge in [-0.15, -0.1) is 0 Å². The standard InChI is InChI=1S/C13H14N2O3.Na/c1-8(16)14-12(13(17)18)7-10-6-9-4-2-3-5-11(9)15-10;/h2-6,12,15H,7H2,1H3,(H,14,16)(H,17,18);/q;+1/p-1/t12-;/m1./s1. The summed E-state index contributed by atoms with van der Waals surface area (Å²) in [4.78, 5) is 17.7. The fourth-order valence-corrected chi connectivity index (χ4v) is 1.86. The van der Waals surface area contributed by atoms with Crippen molar-refractivity contribution >= 4 is 22.8 Å². The summed E-state index contributed by atoms with van der Waals surface area (Å²) in [5.74, 6) is -1.57. The van der Waals surface area contributed by atoms with E-state index in [1.165, 1.54) is 6.92 Å². The van der Waals surface area contributed by atoms with E-state index < -0.39 is 17.9 Å². The summed E-state index contributed by atoms with van der Waals surface area (Å²) in [6.07, 6.45) is 0.184. The Morgan fingerprint density at radius 2 is 2.16 bits per heavy atom. The minimum atomic E-state index is -1.09. The number of carbonyl (C=O) groups is 1. The fraction of sp³-hybridized carbons (Fsp3) is 0.231. The third-order valence-electron chi connectivity index (χ3n) is 2.62. The number of aliphatic imine (C=N–C) groups is 1. The summed E-state index contributed by atoms with van der Waals surface area (Å²) in [5.41, 5.74) is 1.70. The maximum Gasteiger partial charge on any atom is 1.00 e. The van der Waals surface area contributed by atoms with Gasteiger partial charge in [-0.1, -0.05) is 18.2 Å². The molecule has 0 aliphatic heterocycles. The third-order valence-corrected chi connectivity index (χ3v) is 2.62. The summed E-state index contributed by atoms with van der Waals surface area (Å²) in [5, 5.41) is 20.9. The minimum Gasteiger partial charge on any atom is -0.862 e. The number of aromatic amines is 1. The van der Waals surface area contributed by atoms with Crippen molar-refractivity contribution in [1.82, 2.24) is 4.98 Å². The number of hydrogen-bond donors (Lipinski definition) is 2. The van der Waals surface area contributed by atoms with Crippen molar-refractivity contribution < 1.29 is 44.6 Å². The Hall–Kier alpha value is -1.30. The quantitative estimate of drug-likeness (QED) is 0.380. The number of aliphatic carboxylic acids is 1. The summed E-state index contributed by atoms with van der Waals surface area (Å²) in [6.45, 7) is 1.25. The van der Waals surface area contributed by atoms with Crippen LogP contribution in [0.15, 0.2) is 35.3 Å². The Kier molecular flexibility index (Phi) is 5.60. The van der Waals surface area contributed by atoms with Crippen molar-refractivity contribution in [2.75, 3.05) is 0 Å². The second-order valence-electron chi connectivity index (χ2n) is 4.09. The molecule has 94 valence electrons. The summed E-state index contributed by atoms with van der Waals surface area (Å²) < 4.78 is 0. The van der Waals surface area contributed by atoms with E-state index in [0.29, 0.717) is 0 Å². The van der Waals surface area contributed by atoms with Crippen molar-refractivity contribution in [2.24, 2.45) is 4.99 Å². The molecular weight excluding hydrogens is 255 g/mol. The fourth-order valence-electron chi connectivity index (χ4n) is 1.86. The Balaban J connectivity index is 0.00000180. The molecule has 1 atom stereocenters. The molecule has 1 aromatic heterocycles. The SMILES string of the molecule is CC([O-])=N[C@H](Cc1cc2ccccc2[nH]1)C(=O)O.[Na+]. The molecule has 19 heavy (non-hydrogen) atoms. The topological polar surface area (TPSA) is 88.5 Å². The van der Waals surface area contributed by atoms with Crippen LogP contribution in [-0.4, -0.2) is 28.0 Å². The van der Waals surface area contributed by atoms with Crippen molar-refractivity contribution in [3.63, 3.8) is 0 Å². The second kappa shape index (κ2) is 6.75. The molecular formula is C13H13N2NaO3. The molecule has 0 saturated carbocycles. The largest absolute Gasteiger partial charge is 1.00 e. The van der Waals surface area contributed by atoms with Gasteiger partial charge in [-0.2, -0.15) is 0 Å². The van der Waals surface area contributed by atoms with Gasteiger partial charge < -0.3 is 15.2 Å². The first kappa shape index (κ1) is 15.8. The Morgan fingerprint density at radius 3 is 2.74 bits per heavy atom. The van der Waals surface area contributed by atoms with Crippen molar-refractivity contribution in [1.29, 1.82) is 0 Å². The number of carboxylic acids is 1. The summed E-state index contributed by atoms with van der Waals surface area (Å²) in [6, 6.07) is 8.51.